The van der Waals surface area contributed by atoms with E-state index in [0.29, 0.717) is 11.4 Å². The lowest BCUT2D eigenvalue weighted by Gasteiger charge is -2.15. The Morgan fingerprint density at radius 1 is 1.38 bits per heavy atom. The molecule has 24 heavy (non-hydrogen) atoms. The highest BCUT2D eigenvalue weighted by molar-refractivity contribution is 6.30. The largest absolute Gasteiger partial charge is 0.480 e. The van der Waals surface area contributed by atoms with Gasteiger partial charge in [0, 0.05) is 11.4 Å². The predicted octanol–water partition coefficient (Wildman–Crippen LogP) is 3.40. The number of carbonyl (C=O) groups excluding carboxylic acids is 1. The Labute approximate surface area is 144 Å². The number of imidazole rings is 1. The van der Waals surface area contributed by atoms with E-state index in [1.54, 1.807) is 12.1 Å². The van der Waals surface area contributed by atoms with Crippen LogP contribution in [-0.4, -0.2) is 22.0 Å². The molecule has 0 radical (unpaired) electrons. The van der Waals surface area contributed by atoms with E-state index >= 15 is 0 Å². The van der Waals surface area contributed by atoms with Gasteiger partial charge in [0.1, 0.15) is 11.6 Å². The summed E-state index contributed by atoms with van der Waals surface area (Å²) in [6, 6.07) is 12.9. The first kappa shape index (κ1) is 15.0. The number of aromatic nitrogens is 2. The number of aromatic amines is 1. The van der Waals surface area contributed by atoms with Crippen LogP contribution in [0.1, 0.15) is 24.4 Å². The molecule has 0 fully saturated rings. The Balaban J connectivity index is 1.46. The first-order chi connectivity index (χ1) is 11.6. The number of nitrogens with one attached hydrogen (secondary N) is 2. The summed E-state index contributed by atoms with van der Waals surface area (Å²) in [4.78, 5) is 20.2. The number of nitrogens with zero attached hydrogens (tertiary/aromatic N) is 1. The zero-order valence-corrected chi connectivity index (χ0v) is 13.8. The lowest BCUT2D eigenvalue weighted by atomic mass is 10.1. The number of fused-ring (bicyclic) bond motifs is 2. The van der Waals surface area contributed by atoms with Crippen molar-refractivity contribution in [1.29, 1.82) is 0 Å². The molecule has 2 atom stereocenters. The summed E-state index contributed by atoms with van der Waals surface area (Å²) in [5, 5.41) is 3.61. The van der Waals surface area contributed by atoms with E-state index in [1.807, 2.05) is 37.3 Å². The van der Waals surface area contributed by atoms with Crippen molar-refractivity contribution in [2.45, 2.75) is 25.5 Å². The molecule has 1 amide bonds. The Kier molecular flexibility index (Phi) is 3.65. The van der Waals surface area contributed by atoms with Gasteiger partial charge in [0.15, 0.2) is 6.10 Å². The second-order valence-electron chi connectivity index (χ2n) is 5.93. The summed E-state index contributed by atoms with van der Waals surface area (Å²) in [5.41, 5.74) is 2.79. The van der Waals surface area contributed by atoms with Gasteiger partial charge in [-0.2, -0.15) is 0 Å². The van der Waals surface area contributed by atoms with Crippen molar-refractivity contribution in [3.63, 3.8) is 0 Å². The fourth-order valence-corrected chi connectivity index (χ4v) is 3.11. The molecular weight excluding hydrogens is 326 g/mol. The van der Waals surface area contributed by atoms with Gasteiger partial charge in [-0.25, -0.2) is 4.98 Å². The minimum atomic E-state index is -0.537. The SMILES string of the molecule is C[C@H](NC(=O)C1Cc2cc(Cl)ccc2O1)c1nc2ccccc2[nH]1. The van der Waals surface area contributed by atoms with Gasteiger partial charge in [0.2, 0.25) is 0 Å². The van der Waals surface area contributed by atoms with Crippen LogP contribution in [0.3, 0.4) is 0 Å². The van der Waals surface area contributed by atoms with Crippen molar-refractivity contribution in [3.8, 4) is 5.75 Å². The molecule has 2 aromatic carbocycles. The molecule has 3 aromatic rings. The monoisotopic (exact) mass is 341 g/mol. The number of rotatable bonds is 3. The molecule has 122 valence electrons. The van der Waals surface area contributed by atoms with E-state index in [-0.39, 0.29) is 11.9 Å². The molecule has 5 nitrogen and oxygen atoms in total. The van der Waals surface area contributed by atoms with Crippen molar-refractivity contribution in [2.75, 3.05) is 0 Å². The summed E-state index contributed by atoms with van der Waals surface area (Å²) in [7, 11) is 0. The highest BCUT2D eigenvalue weighted by Gasteiger charge is 2.30. The quantitative estimate of drug-likeness (QED) is 0.767. The smallest absolute Gasteiger partial charge is 0.262 e. The topological polar surface area (TPSA) is 67.0 Å². The molecular formula is C18H16ClN3O2. The van der Waals surface area contributed by atoms with Gasteiger partial charge in [-0.05, 0) is 42.8 Å². The highest BCUT2D eigenvalue weighted by Crippen LogP contribution is 2.31. The lowest BCUT2D eigenvalue weighted by molar-refractivity contribution is -0.127. The molecule has 1 unspecified atom stereocenters. The Bertz CT molecular complexity index is 889. The number of amides is 1. The van der Waals surface area contributed by atoms with Gasteiger partial charge < -0.3 is 15.0 Å². The van der Waals surface area contributed by atoms with Gasteiger partial charge >= 0.3 is 0 Å². The Morgan fingerprint density at radius 2 is 2.21 bits per heavy atom. The number of H-pyrrole nitrogens is 1. The number of benzene rings is 2. The molecule has 4 rings (SSSR count). The molecule has 1 aliphatic rings. The van der Waals surface area contributed by atoms with Crippen molar-refractivity contribution in [2.24, 2.45) is 0 Å². The number of carbonyl (C=O) groups is 1. The van der Waals surface area contributed by atoms with E-state index in [0.717, 1.165) is 28.2 Å². The standard InChI is InChI=1S/C18H16ClN3O2/c1-10(17-21-13-4-2-3-5-14(13)22-17)20-18(23)16-9-11-8-12(19)6-7-15(11)24-16/h2-8,10,16H,9H2,1H3,(H,20,23)(H,21,22)/t10-,16?/m0/s1. The van der Waals surface area contributed by atoms with Crippen LogP contribution in [0.2, 0.25) is 5.02 Å². The Hall–Kier alpha value is -2.53. The molecule has 2 N–H and O–H groups in total. The van der Waals surface area contributed by atoms with Crippen LogP contribution in [-0.2, 0) is 11.2 Å². The maximum atomic E-state index is 12.5. The fourth-order valence-electron chi connectivity index (χ4n) is 2.92. The first-order valence-corrected chi connectivity index (χ1v) is 8.18. The van der Waals surface area contributed by atoms with Crippen molar-refractivity contribution in [1.82, 2.24) is 15.3 Å². The van der Waals surface area contributed by atoms with Crippen LogP contribution in [0.15, 0.2) is 42.5 Å². The minimum absolute atomic E-state index is 0.157. The highest BCUT2D eigenvalue weighted by atomic mass is 35.5. The van der Waals surface area contributed by atoms with Crippen molar-refractivity contribution in [3.05, 3.63) is 58.9 Å². The van der Waals surface area contributed by atoms with Crippen LogP contribution in [0.5, 0.6) is 5.75 Å². The third kappa shape index (κ3) is 2.71. The molecule has 0 aliphatic carbocycles. The van der Waals surface area contributed by atoms with E-state index < -0.39 is 6.10 Å². The van der Waals surface area contributed by atoms with E-state index in [1.165, 1.54) is 0 Å². The zero-order chi connectivity index (χ0) is 16.7. The number of hydrogen-bond acceptors (Lipinski definition) is 3. The average molecular weight is 342 g/mol. The molecule has 0 saturated carbocycles. The molecule has 2 heterocycles. The van der Waals surface area contributed by atoms with Gasteiger partial charge in [-0.1, -0.05) is 23.7 Å². The van der Waals surface area contributed by atoms with Crippen LogP contribution >= 0.6 is 11.6 Å². The number of ether oxygens (including phenoxy) is 1. The third-order valence-corrected chi connectivity index (χ3v) is 4.40. The predicted molar refractivity (Wildman–Crippen MR) is 92.2 cm³/mol. The number of halogens is 1. The van der Waals surface area contributed by atoms with Gasteiger partial charge in [0.25, 0.3) is 5.91 Å². The summed E-state index contributed by atoms with van der Waals surface area (Å²) < 4.78 is 5.72. The summed E-state index contributed by atoms with van der Waals surface area (Å²) in [5.74, 6) is 1.29. The summed E-state index contributed by atoms with van der Waals surface area (Å²) in [6.07, 6.45) is -0.0144. The second-order valence-corrected chi connectivity index (χ2v) is 6.37. The fraction of sp³-hybridized carbons (Fsp3) is 0.222. The second kappa shape index (κ2) is 5.83. The molecule has 0 spiro atoms. The normalized spacial score (nSPS) is 17.3. The lowest BCUT2D eigenvalue weighted by Crippen LogP contribution is -2.39. The molecule has 1 aliphatic heterocycles. The number of hydrogen-bond donors (Lipinski definition) is 2. The van der Waals surface area contributed by atoms with Crippen LogP contribution in [0, 0.1) is 0 Å². The first-order valence-electron chi connectivity index (χ1n) is 7.80. The van der Waals surface area contributed by atoms with E-state index in [2.05, 4.69) is 15.3 Å². The molecule has 1 aromatic heterocycles. The number of para-hydroxylation sites is 2. The van der Waals surface area contributed by atoms with Crippen LogP contribution in [0.4, 0.5) is 0 Å². The Morgan fingerprint density at radius 3 is 3.04 bits per heavy atom. The van der Waals surface area contributed by atoms with Crippen molar-refractivity contribution >= 4 is 28.5 Å². The molecule has 0 bridgehead atoms. The van der Waals surface area contributed by atoms with Crippen LogP contribution < -0.4 is 10.1 Å². The van der Waals surface area contributed by atoms with Gasteiger partial charge in [-0.15, -0.1) is 0 Å². The van der Waals surface area contributed by atoms with Crippen molar-refractivity contribution < 1.29 is 9.53 Å². The third-order valence-electron chi connectivity index (χ3n) is 4.17. The summed E-state index contributed by atoms with van der Waals surface area (Å²) >= 11 is 5.99. The molecule has 0 saturated heterocycles. The zero-order valence-electron chi connectivity index (χ0n) is 13.0. The minimum Gasteiger partial charge on any atom is -0.480 e. The van der Waals surface area contributed by atoms with Gasteiger partial charge in [-0.3, -0.25) is 4.79 Å². The van der Waals surface area contributed by atoms with Crippen LogP contribution in [0.25, 0.3) is 11.0 Å². The van der Waals surface area contributed by atoms with Gasteiger partial charge in [0.05, 0.1) is 17.1 Å². The van der Waals surface area contributed by atoms with E-state index in [9.17, 15) is 4.79 Å². The maximum absolute atomic E-state index is 12.5. The average Bonchev–Trinajstić information content (AvgIpc) is 3.18. The molecule has 6 heteroatoms. The maximum Gasteiger partial charge on any atom is 0.262 e. The van der Waals surface area contributed by atoms with E-state index in [4.69, 9.17) is 16.3 Å². The summed E-state index contributed by atoms with van der Waals surface area (Å²) in [6.45, 7) is 1.90.